The number of aryl methyl sites for hydroxylation is 1. The zero-order valence-electron chi connectivity index (χ0n) is 11.8. The fourth-order valence-corrected chi connectivity index (χ4v) is 4.48. The highest BCUT2D eigenvalue weighted by atomic mass is 32.1. The summed E-state index contributed by atoms with van der Waals surface area (Å²) in [6, 6.07) is 2.19. The molecular formula is C16H23NOS. The third-order valence-corrected chi connectivity index (χ3v) is 5.84. The van der Waals surface area contributed by atoms with E-state index < -0.39 is 0 Å². The standard InChI is InChI=1S/C16H23NOS/c1-2-12-6-7-14-13(10-12)11-15(19-14)16(18)17-8-4-3-5-9-17/h11-12H,2-10H2,1H3. The van der Waals surface area contributed by atoms with Gasteiger partial charge in [-0.25, -0.2) is 0 Å². The Morgan fingerprint density at radius 3 is 2.89 bits per heavy atom. The molecule has 3 heteroatoms. The molecule has 0 saturated carbocycles. The minimum atomic E-state index is 0.284. The Bertz CT molecular complexity index is 459. The van der Waals surface area contributed by atoms with Gasteiger partial charge in [-0.2, -0.15) is 0 Å². The normalized spacial score (nSPS) is 23.2. The van der Waals surface area contributed by atoms with Crippen LogP contribution in [0.3, 0.4) is 0 Å². The number of likely N-dealkylation sites (tertiary alicyclic amines) is 1. The van der Waals surface area contributed by atoms with Gasteiger partial charge >= 0.3 is 0 Å². The first kappa shape index (κ1) is 13.2. The van der Waals surface area contributed by atoms with Gasteiger partial charge in [-0.1, -0.05) is 13.3 Å². The summed E-state index contributed by atoms with van der Waals surface area (Å²) in [5.74, 6) is 1.12. The molecule has 0 spiro atoms. The maximum Gasteiger partial charge on any atom is 0.263 e. The van der Waals surface area contributed by atoms with Crippen LogP contribution >= 0.6 is 11.3 Å². The summed E-state index contributed by atoms with van der Waals surface area (Å²) in [7, 11) is 0. The van der Waals surface area contributed by atoms with Crippen LogP contribution in [0.2, 0.25) is 0 Å². The Kier molecular flexibility index (Phi) is 3.92. The third-order valence-electron chi connectivity index (χ3n) is 4.62. The van der Waals surface area contributed by atoms with Gasteiger partial charge in [-0.3, -0.25) is 4.79 Å². The molecular weight excluding hydrogens is 254 g/mol. The molecule has 2 nitrogen and oxygen atoms in total. The van der Waals surface area contributed by atoms with E-state index in [4.69, 9.17) is 0 Å². The van der Waals surface area contributed by atoms with Crippen molar-refractivity contribution in [1.82, 2.24) is 4.90 Å². The first-order chi connectivity index (χ1) is 9.28. The van der Waals surface area contributed by atoms with Crippen molar-refractivity contribution in [2.24, 2.45) is 5.92 Å². The van der Waals surface area contributed by atoms with E-state index in [0.29, 0.717) is 0 Å². The van der Waals surface area contributed by atoms with E-state index in [2.05, 4.69) is 17.9 Å². The maximum atomic E-state index is 12.5. The number of thiophene rings is 1. The number of carbonyl (C=O) groups is 1. The van der Waals surface area contributed by atoms with Crippen molar-refractivity contribution in [3.8, 4) is 0 Å². The molecule has 1 saturated heterocycles. The molecule has 1 aliphatic carbocycles. The molecule has 1 atom stereocenters. The van der Waals surface area contributed by atoms with Gasteiger partial charge in [0.05, 0.1) is 4.88 Å². The summed E-state index contributed by atoms with van der Waals surface area (Å²) in [6.45, 7) is 4.19. The van der Waals surface area contributed by atoms with Gasteiger partial charge in [0.15, 0.2) is 0 Å². The predicted octanol–water partition coefficient (Wildman–Crippen LogP) is 3.89. The lowest BCUT2D eigenvalue weighted by Gasteiger charge is -2.26. The van der Waals surface area contributed by atoms with Crippen LogP contribution in [0.25, 0.3) is 0 Å². The zero-order chi connectivity index (χ0) is 13.2. The Hall–Kier alpha value is -0.830. The Labute approximate surface area is 119 Å². The molecule has 2 heterocycles. The van der Waals surface area contributed by atoms with Crippen molar-refractivity contribution in [3.05, 3.63) is 21.4 Å². The summed E-state index contributed by atoms with van der Waals surface area (Å²) in [4.78, 5) is 17.0. The second-order valence-corrected chi connectivity index (χ2v) is 7.07. The smallest absolute Gasteiger partial charge is 0.263 e. The Morgan fingerprint density at radius 1 is 1.37 bits per heavy atom. The highest BCUT2D eigenvalue weighted by Gasteiger charge is 2.24. The SMILES string of the molecule is CCC1CCc2sc(C(=O)N3CCCCC3)cc2C1. The molecule has 0 N–H and O–H groups in total. The lowest BCUT2D eigenvalue weighted by atomic mass is 9.87. The topological polar surface area (TPSA) is 20.3 Å². The maximum absolute atomic E-state index is 12.5. The highest BCUT2D eigenvalue weighted by Crippen LogP contribution is 2.34. The van der Waals surface area contributed by atoms with E-state index in [1.54, 1.807) is 11.3 Å². The molecule has 2 aliphatic rings. The molecule has 1 aliphatic heterocycles. The fraction of sp³-hybridized carbons (Fsp3) is 0.688. The van der Waals surface area contributed by atoms with E-state index >= 15 is 0 Å². The number of piperidine rings is 1. The number of amides is 1. The number of rotatable bonds is 2. The molecule has 1 fully saturated rings. The molecule has 0 aromatic carbocycles. The molecule has 1 amide bonds. The number of nitrogens with zero attached hydrogens (tertiary/aromatic N) is 1. The summed E-state index contributed by atoms with van der Waals surface area (Å²) in [5, 5.41) is 0. The van der Waals surface area contributed by atoms with E-state index in [1.165, 1.54) is 55.4 Å². The average molecular weight is 277 g/mol. The summed E-state index contributed by atoms with van der Waals surface area (Å²) in [6.07, 6.45) is 8.58. The van der Waals surface area contributed by atoms with Gasteiger partial charge in [0.1, 0.15) is 0 Å². The van der Waals surface area contributed by atoms with Crippen LogP contribution in [0.5, 0.6) is 0 Å². The van der Waals surface area contributed by atoms with Gasteiger partial charge < -0.3 is 4.90 Å². The molecule has 1 aromatic heterocycles. The van der Waals surface area contributed by atoms with Gasteiger partial charge in [0.25, 0.3) is 5.91 Å². The van der Waals surface area contributed by atoms with Crippen LogP contribution in [0, 0.1) is 5.92 Å². The van der Waals surface area contributed by atoms with Gasteiger partial charge in [0.2, 0.25) is 0 Å². The van der Waals surface area contributed by atoms with Gasteiger partial charge in [-0.15, -0.1) is 11.3 Å². The van der Waals surface area contributed by atoms with Crippen LogP contribution in [0.1, 0.15) is 59.1 Å². The summed E-state index contributed by atoms with van der Waals surface area (Å²) >= 11 is 1.76. The van der Waals surface area contributed by atoms with Crippen molar-refractivity contribution in [1.29, 1.82) is 0 Å². The predicted molar refractivity (Wildman–Crippen MR) is 79.9 cm³/mol. The van der Waals surface area contributed by atoms with Crippen molar-refractivity contribution >= 4 is 17.2 Å². The molecule has 0 bridgehead atoms. The van der Waals surface area contributed by atoms with E-state index in [1.807, 2.05) is 0 Å². The molecule has 1 unspecified atom stereocenters. The number of hydrogen-bond donors (Lipinski definition) is 0. The lowest BCUT2D eigenvalue weighted by Crippen LogP contribution is -2.35. The second kappa shape index (κ2) is 5.66. The quantitative estimate of drug-likeness (QED) is 0.803. The average Bonchev–Trinajstić information content (AvgIpc) is 2.90. The first-order valence-electron chi connectivity index (χ1n) is 7.68. The van der Waals surface area contributed by atoms with Crippen molar-refractivity contribution in [3.63, 3.8) is 0 Å². The summed E-state index contributed by atoms with van der Waals surface area (Å²) < 4.78 is 0. The molecule has 1 aromatic rings. The second-order valence-electron chi connectivity index (χ2n) is 5.93. The van der Waals surface area contributed by atoms with E-state index in [9.17, 15) is 4.79 Å². The number of fused-ring (bicyclic) bond motifs is 1. The van der Waals surface area contributed by atoms with Crippen molar-refractivity contribution in [2.75, 3.05) is 13.1 Å². The van der Waals surface area contributed by atoms with Crippen LogP contribution in [0.4, 0.5) is 0 Å². The van der Waals surface area contributed by atoms with Gasteiger partial charge in [0, 0.05) is 18.0 Å². The summed E-state index contributed by atoms with van der Waals surface area (Å²) in [5.41, 5.74) is 1.46. The number of carbonyl (C=O) groups excluding carboxylic acids is 1. The minimum absolute atomic E-state index is 0.284. The fourth-order valence-electron chi connectivity index (χ4n) is 3.31. The zero-order valence-corrected chi connectivity index (χ0v) is 12.6. The highest BCUT2D eigenvalue weighted by molar-refractivity contribution is 7.14. The monoisotopic (exact) mass is 277 g/mol. The van der Waals surface area contributed by atoms with Crippen molar-refractivity contribution < 1.29 is 4.79 Å². The van der Waals surface area contributed by atoms with E-state index in [0.717, 1.165) is 23.9 Å². The van der Waals surface area contributed by atoms with Gasteiger partial charge in [-0.05, 0) is 56.1 Å². The third kappa shape index (κ3) is 2.71. The minimum Gasteiger partial charge on any atom is -0.338 e. The molecule has 3 rings (SSSR count). The molecule has 19 heavy (non-hydrogen) atoms. The Balaban J connectivity index is 1.75. The number of hydrogen-bond acceptors (Lipinski definition) is 2. The van der Waals surface area contributed by atoms with E-state index in [-0.39, 0.29) is 5.91 Å². The Morgan fingerprint density at radius 2 is 2.16 bits per heavy atom. The molecule has 104 valence electrons. The first-order valence-corrected chi connectivity index (χ1v) is 8.50. The lowest BCUT2D eigenvalue weighted by molar-refractivity contribution is 0.0729. The largest absolute Gasteiger partial charge is 0.338 e. The van der Waals surface area contributed by atoms with Crippen molar-refractivity contribution in [2.45, 2.75) is 51.9 Å². The van der Waals surface area contributed by atoms with Crippen LogP contribution in [0.15, 0.2) is 6.07 Å². The van der Waals surface area contributed by atoms with Crippen LogP contribution in [-0.2, 0) is 12.8 Å². The van der Waals surface area contributed by atoms with Crippen LogP contribution < -0.4 is 0 Å². The molecule has 0 radical (unpaired) electrons. The van der Waals surface area contributed by atoms with Crippen LogP contribution in [-0.4, -0.2) is 23.9 Å².